The number of anilines is 6. The molecule has 0 atom stereocenters. The average molecular weight is 853 g/mol. The Morgan fingerprint density at radius 2 is 0.576 bits per heavy atom. The van der Waals surface area contributed by atoms with Crippen LogP contribution < -0.4 is 9.80 Å². The zero-order valence-corrected chi connectivity index (χ0v) is 39.9. The molecule has 0 unspecified atom stereocenters. The second kappa shape index (κ2) is 12.9. The van der Waals surface area contributed by atoms with Crippen LogP contribution in [0.5, 0.6) is 0 Å². The van der Waals surface area contributed by atoms with Crippen LogP contribution in [0.3, 0.4) is 0 Å². The molecule has 2 nitrogen and oxygen atoms in total. The predicted molar refractivity (Wildman–Crippen MR) is 280 cm³/mol. The minimum Gasteiger partial charge on any atom is -0.310 e. The molecule has 0 heterocycles. The molecule has 0 amide bonds. The first-order valence-corrected chi connectivity index (χ1v) is 23.9. The van der Waals surface area contributed by atoms with Gasteiger partial charge in [-0.05, 0) is 186 Å². The van der Waals surface area contributed by atoms with Gasteiger partial charge in [-0.15, -0.1) is 0 Å². The Labute approximate surface area is 390 Å². The van der Waals surface area contributed by atoms with E-state index in [2.05, 4.69) is 237 Å². The first-order valence-electron chi connectivity index (χ1n) is 23.9. The molecule has 0 saturated carbocycles. The molecular formula is C64H56N2. The molecule has 322 valence electrons. The molecule has 9 aromatic carbocycles. The molecule has 0 radical (unpaired) electrons. The Morgan fingerprint density at radius 3 is 0.924 bits per heavy atom. The molecule has 2 heteroatoms. The fourth-order valence-corrected chi connectivity index (χ4v) is 13.3. The summed E-state index contributed by atoms with van der Waals surface area (Å²) in [7, 11) is 0. The zero-order valence-electron chi connectivity index (χ0n) is 39.9. The molecule has 66 heavy (non-hydrogen) atoms. The van der Waals surface area contributed by atoms with Crippen molar-refractivity contribution in [1.82, 2.24) is 0 Å². The van der Waals surface area contributed by atoms with E-state index in [1.165, 1.54) is 111 Å². The van der Waals surface area contributed by atoms with Crippen molar-refractivity contribution in [3.8, 4) is 22.3 Å². The fourth-order valence-electron chi connectivity index (χ4n) is 13.3. The normalized spacial score (nSPS) is 16.5. The highest BCUT2D eigenvalue weighted by molar-refractivity contribution is 6.11. The van der Waals surface area contributed by atoms with Crippen molar-refractivity contribution in [2.45, 2.75) is 90.9 Å². The zero-order chi connectivity index (χ0) is 45.4. The maximum absolute atomic E-state index is 2.51. The van der Waals surface area contributed by atoms with E-state index in [1.54, 1.807) is 0 Å². The van der Waals surface area contributed by atoms with Gasteiger partial charge in [0.25, 0.3) is 0 Å². The standard InChI is InChI=1S/C64H56N2/c1-37-31-49-59-55-45(37)23-17-25-47(55)61(3,4)51-33-43(35-53(57(51)59)63(49,7)8)65(39-19-13-11-14-20-39)41-27-29-42(30-28-41)66(40-21-15-12-16-22-40)44-34-52-58-54(36-44)64(9,10)50-32-38(2)46-24-18-26-48(62(52,5)6)56(46)60(50)58/h11-36H,1-10H3. The van der Waals surface area contributed by atoms with Crippen LogP contribution in [-0.4, -0.2) is 0 Å². The molecular weight excluding hydrogens is 797 g/mol. The molecule has 0 N–H and O–H groups in total. The van der Waals surface area contributed by atoms with Crippen molar-refractivity contribution in [2.24, 2.45) is 0 Å². The van der Waals surface area contributed by atoms with E-state index in [1.807, 2.05) is 0 Å². The fraction of sp³-hybridized carbons (Fsp3) is 0.219. The highest BCUT2D eigenvalue weighted by Crippen LogP contribution is 2.63. The van der Waals surface area contributed by atoms with E-state index in [0.717, 1.165) is 22.7 Å². The molecule has 9 aromatic rings. The molecule has 0 spiro atoms. The monoisotopic (exact) mass is 852 g/mol. The summed E-state index contributed by atoms with van der Waals surface area (Å²) < 4.78 is 0. The van der Waals surface area contributed by atoms with E-state index < -0.39 is 0 Å². The van der Waals surface area contributed by atoms with Crippen molar-refractivity contribution in [2.75, 3.05) is 9.80 Å². The second-order valence-electron chi connectivity index (χ2n) is 21.9. The highest BCUT2D eigenvalue weighted by Gasteiger charge is 2.47. The number of aryl methyl sites for hydroxylation is 2. The van der Waals surface area contributed by atoms with Crippen LogP contribution in [0.25, 0.3) is 43.8 Å². The van der Waals surface area contributed by atoms with E-state index >= 15 is 0 Å². The highest BCUT2D eigenvalue weighted by atomic mass is 15.2. The summed E-state index contributed by atoms with van der Waals surface area (Å²) in [5.41, 5.74) is 26.1. The quantitative estimate of drug-likeness (QED) is 0.164. The summed E-state index contributed by atoms with van der Waals surface area (Å²) in [6, 6.07) is 60.2. The number of para-hydroxylation sites is 2. The van der Waals surface area contributed by atoms with Gasteiger partial charge in [-0.3, -0.25) is 0 Å². The van der Waals surface area contributed by atoms with Crippen molar-refractivity contribution in [3.63, 3.8) is 0 Å². The van der Waals surface area contributed by atoms with E-state index in [9.17, 15) is 0 Å². The molecule has 0 aliphatic heterocycles. The first kappa shape index (κ1) is 39.5. The minimum absolute atomic E-state index is 0.156. The maximum atomic E-state index is 2.51. The van der Waals surface area contributed by atoms with Crippen molar-refractivity contribution in [1.29, 1.82) is 0 Å². The van der Waals surface area contributed by atoms with Crippen LogP contribution in [0, 0.1) is 13.8 Å². The first-order chi connectivity index (χ1) is 31.6. The van der Waals surface area contributed by atoms with Gasteiger partial charge in [-0.2, -0.15) is 0 Å². The SMILES string of the molecule is Cc1cc2c3c4c(cccc14)C(C)(C)c1cc(N(c4ccccc4)c4ccc(N(c5ccccc5)c5cc6c7c(c5)C(C)(C)c5cccc8c(C)cc(c-7c58)C6(C)C)cc4)cc(c1-3)C2(C)C. The Kier molecular flexibility index (Phi) is 7.72. The van der Waals surface area contributed by atoms with E-state index in [-0.39, 0.29) is 21.7 Å². The predicted octanol–water partition coefficient (Wildman–Crippen LogP) is 17.4. The molecule has 0 bridgehead atoms. The summed E-state index contributed by atoms with van der Waals surface area (Å²) in [5.74, 6) is 0. The van der Waals surface area contributed by atoms with Crippen LogP contribution in [0.15, 0.2) is 158 Å². The summed E-state index contributed by atoms with van der Waals surface area (Å²) in [6.07, 6.45) is 0. The molecule has 13 rings (SSSR count). The Bertz CT molecular complexity index is 3350. The van der Waals surface area contributed by atoms with Gasteiger partial charge >= 0.3 is 0 Å². The number of benzene rings is 9. The lowest BCUT2D eigenvalue weighted by Gasteiger charge is -2.37. The summed E-state index contributed by atoms with van der Waals surface area (Å²) >= 11 is 0. The topological polar surface area (TPSA) is 6.48 Å². The third-order valence-corrected chi connectivity index (χ3v) is 16.8. The minimum atomic E-state index is -0.187. The Morgan fingerprint density at radius 1 is 0.273 bits per heavy atom. The molecule has 4 aliphatic carbocycles. The molecule has 0 aromatic heterocycles. The van der Waals surface area contributed by atoms with Crippen LogP contribution in [0.2, 0.25) is 0 Å². The number of hydrogen-bond acceptors (Lipinski definition) is 2. The van der Waals surface area contributed by atoms with Gasteiger partial charge in [0, 0.05) is 55.8 Å². The van der Waals surface area contributed by atoms with Crippen LogP contribution in [0.4, 0.5) is 34.1 Å². The second-order valence-corrected chi connectivity index (χ2v) is 21.9. The van der Waals surface area contributed by atoms with Gasteiger partial charge in [0.15, 0.2) is 0 Å². The van der Waals surface area contributed by atoms with Gasteiger partial charge in [-0.25, -0.2) is 0 Å². The molecule has 0 saturated heterocycles. The Hall–Kier alpha value is -6.90. The van der Waals surface area contributed by atoms with Gasteiger partial charge in [-0.1, -0.05) is 140 Å². The van der Waals surface area contributed by atoms with Crippen molar-refractivity contribution in [3.05, 3.63) is 213 Å². The maximum Gasteiger partial charge on any atom is 0.0468 e. The van der Waals surface area contributed by atoms with Gasteiger partial charge in [0.1, 0.15) is 0 Å². The number of hydrogen-bond donors (Lipinski definition) is 0. The third kappa shape index (κ3) is 4.92. The molecule has 4 aliphatic rings. The number of rotatable bonds is 6. The van der Waals surface area contributed by atoms with Crippen LogP contribution in [-0.2, 0) is 21.7 Å². The van der Waals surface area contributed by atoms with Crippen molar-refractivity contribution >= 4 is 55.7 Å². The van der Waals surface area contributed by atoms with E-state index in [0.29, 0.717) is 0 Å². The largest absolute Gasteiger partial charge is 0.310 e. The summed E-state index contributed by atoms with van der Waals surface area (Å²) in [5, 5.41) is 5.66. The van der Waals surface area contributed by atoms with Gasteiger partial charge in [0.05, 0.1) is 0 Å². The number of nitrogens with zero attached hydrogens (tertiary/aromatic N) is 2. The van der Waals surface area contributed by atoms with Crippen LogP contribution >= 0.6 is 0 Å². The molecule has 0 fully saturated rings. The van der Waals surface area contributed by atoms with Gasteiger partial charge < -0.3 is 9.80 Å². The van der Waals surface area contributed by atoms with Crippen molar-refractivity contribution < 1.29 is 0 Å². The third-order valence-electron chi connectivity index (χ3n) is 16.8. The Balaban J connectivity index is 0.988. The van der Waals surface area contributed by atoms with Crippen LogP contribution in [0.1, 0.15) is 111 Å². The lowest BCUT2D eigenvalue weighted by atomic mass is 9.68. The lowest BCUT2D eigenvalue weighted by molar-refractivity contribution is 0.639. The van der Waals surface area contributed by atoms with E-state index in [4.69, 9.17) is 0 Å². The summed E-state index contributed by atoms with van der Waals surface area (Å²) in [4.78, 5) is 4.96. The summed E-state index contributed by atoms with van der Waals surface area (Å²) in [6.45, 7) is 24.1. The van der Waals surface area contributed by atoms with Gasteiger partial charge in [0.2, 0.25) is 0 Å². The average Bonchev–Trinajstić information content (AvgIpc) is 3.68. The lowest BCUT2D eigenvalue weighted by Crippen LogP contribution is -2.25. The smallest absolute Gasteiger partial charge is 0.0468 e.